The van der Waals surface area contributed by atoms with Crippen molar-refractivity contribution in [2.24, 2.45) is 0 Å². The smallest absolute Gasteiger partial charge is 0.234 e. The van der Waals surface area contributed by atoms with E-state index in [0.717, 1.165) is 37.6 Å². The lowest BCUT2D eigenvalue weighted by Crippen LogP contribution is -2.44. The van der Waals surface area contributed by atoms with Crippen molar-refractivity contribution in [3.63, 3.8) is 0 Å². The van der Waals surface area contributed by atoms with Crippen LogP contribution in [0.2, 0.25) is 0 Å². The average molecular weight is 361 g/mol. The molecule has 1 aromatic heterocycles. The van der Waals surface area contributed by atoms with Crippen LogP contribution in [0.25, 0.3) is 0 Å². The lowest BCUT2D eigenvalue weighted by Gasteiger charge is -2.32. The SMILES string of the molecule is CN1CCN(c2ccc(NS(=O)(=O)CCc3ccccc3)nn2)CC1. The molecule has 7 nitrogen and oxygen atoms in total. The summed E-state index contributed by atoms with van der Waals surface area (Å²) in [6, 6.07) is 13.0. The highest BCUT2D eigenvalue weighted by Gasteiger charge is 2.16. The average Bonchev–Trinajstić information content (AvgIpc) is 2.62. The molecule has 1 aliphatic heterocycles. The number of hydrogen-bond donors (Lipinski definition) is 1. The minimum atomic E-state index is -3.45. The number of aromatic nitrogens is 2. The highest BCUT2D eigenvalue weighted by molar-refractivity contribution is 7.92. The molecule has 2 aromatic rings. The fourth-order valence-corrected chi connectivity index (χ4v) is 3.73. The first-order chi connectivity index (χ1) is 12.0. The molecule has 0 bridgehead atoms. The Kier molecular flexibility index (Phi) is 5.50. The molecule has 25 heavy (non-hydrogen) atoms. The van der Waals surface area contributed by atoms with Gasteiger partial charge in [-0.15, -0.1) is 10.2 Å². The van der Waals surface area contributed by atoms with Gasteiger partial charge < -0.3 is 9.80 Å². The minimum Gasteiger partial charge on any atom is -0.353 e. The number of rotatable bonds is 6. The molecule has 3 rings (SSSR count). The van der Waals surface area contributed by atoms with Crippen LogP contribution < -0.4 is 9.62 Å². The number of piperazine rings is 1. The zero-order chi connectivity index (χ0) is 17.7. The first-order valence-electron chi connectivity index (χ1n) is 8.33. The second-order valence-corrected chi connectivity index (χ2v) is 8.07. The summed E-state index contributed by atoms with van der Waals surface area (Å²) in [4.78, 5) is 4.42. The lowest BCUT2D eigenvalue weighted by molar-refractivity contribution is 0.312. The molecule has 1 N–H and O–H groups in total. The lowest BCUT2D eigenvalue weighted by atomic mass is 10.2. The van der Waals surface area contributed by atoms with Gasteiger partial charge in [0.05, 0.1) is 5.75 Å². The van der Waals surface area contributed by atoms with Crippen LogP contribution in [0.5, 0.6) is 0 Å². The van der Waals surface area contributed by atoms with Crippen LogP contribution in [0.1, 0.15) is 5.56 Å². The zero-order valence-electron chi connectivity index (χ0n) is 14.3. The maximum atomic E-state index is 12.2. The van der Waals surface area contributed by atoms with Crippen LogP contribution in [0.15, 0.2) is 42.5 Å². The van der Waals surface area contributed by atoms with Crippen LogP contribution >= 0.6 is 0 Å². The Morgan fingerprint density at radius 3 is 2.36 bits per heavy atom. The molecule has 2 heterocycles. The Labute approximate surface area is 148 Å². The Morgan fingerprint density at radius 2 is 1.72 bits per heavy atom. The summed E-state index contributed by atoms with van der Waals surface area (Å²) in [5.74, 6) is 1.05. The Balaban J connectivity index is 1.57. The molecule has 134 valence electrons. The van der Waals surface area contributed by atoms with Gasteiger partial charge >= 0.3 is 0 Å². The molecule has 0 amide bonds. The van der Waals surface area contributed by atoms with Crippen molar-refractivity contribution in [1.29, 1.82) is 0 Å². The van der Waals surface area contributed by atoms with Crippen molar-refractivity contribution in [3.05, 3.63) is 48.0 Å². The molecule has 0 aliphatic carbocycles. The van der Waals surface area contributed by atoms with Crippen LogP contribution in [0.3, 0.4) is 0 Å². The number of sulfonamides is 1. The zero-order valence-corrected chi connectivity index (χ0v) is 15.1. The van der Waals surface area contributed by atoms with E-state index >= 15 is 0 Å². The van der Waals surface area contributed by atoms with E-state index in [-0.39, 0.29) is 11.6 Å². The third-order valence-electron chi connectivity index (χ3n) is 4.24. The summed E-state index contributed by atoms with van der Waals surface area (Å²) in [5, 5.41) is 8.18. The highest BCUT2D eigenvalue weighted by Crippen LogP contribution is 2.14. The molecular formula is C17H23N5O2S. The van der Waals surface area contributed by atoms with E-state index in [2.05, 4.69) is 31.8 Å². The predicted molar refractivity (Wildman–Crippen MR) is 99.3 cm³/mol. The monoisotopic (exact) mass is 361 g/mol. The van der Waals surface area contributed by atoms with E-state index in [1.807, 2.05) is 36.4 Å². The molecule has 0 unspecified atom stereocenters. The van der Waals surface area contributed by atoms with Gasteiger partial charge in [0, 0.05) is 26.2 Å². The van der Waals surface area contributed by atoms with Gasteiger partial charge in [0.15, 0.2) is 11.6 Å². The predicted octanol–water partition coefficient (Wildman–Crippen LogP) is 1.21. The largest absolute Gasteiger partial charge is 0.353 e. The summed E-state index contributed by atoms with van der Waals surface area (Å²) in [6.45, 7) is 3.76. The van der Waals surface area contributed by atoms with Gasteiger partial charge in [-0.3, -0.25) is 4.72 Å². The van der Waals surface area contributed by atoms with E-state index in [9.17, 15) is 8.42 Å². The van der Waals surface area contributed by atoms with E-state index in [1.165, 1.54) is 0 Å². The van der Waals surface area contributed by atoms with Crippen molar-refractivity contribution in [2.75, 3.05) is 48.6 Å². The summed E-state index contributed by atoms with van der Waals surface area (Å²) in [7, 11) is -1.36. The summed E-state index contributed by atoms with van der Waals surface area (Å²) in [6.07, 6.45) is 0.461. The molecule has 1 fully saturated rings. The van der Waals surface area contributed by atoms with E-state index in [0.29, 0.717) is 6.42 Å². The topological polar surface area (TPSA) is 78.4 Å². The molecule has 1 aliphatic rings. The number of nitrogens with zero attached hydrogens (tertiary/aromatic N) is 4. The van der Waals surface area contributed by atoms with Crippen LogP contribution in [0.4, 0.5) is 11.6 Å². The number of aryl methyl sites for hydroxylation is 1. The first kappa shape index (κ1) is 17.6. The molecule has 0 spiro atoms. The van der Waals surface area contributed by atoms with Gasteiger partial charge in [0.2, 0.25) is 10.0 Å². The third kappa shape index (κ3) is 5.14. The van der Waals surface area contributed by atoms with Crippen LogP contribution in [0, 0.1) is 0 Å². The Bertz CT molecular complexity index is 772. The van der Waals surface area contributed by atoms with E-state index in [1.54, 1.807) is 6.07 Å². The molecule has 0 saturated carbocycles. The number of nitrogens with one attached hydrogen (secondary N) is 1. The number of likely N-dealkylation sites (N-methyl/N-ethyl adjacent to an activating group) is 1. The molecule has 1 aromatic carbocycles. The van der Waals surface area contributed by atoms with E-state index < -0.39 is 10.0 Å². The molecule has 8 heteroatoms. The summed E-state index contributed by atoms with van der Waals surface area (Å²) in [5.41, 5.74) is 0.990. The molecule has 0 radical (unpaired) electrons. The second kappa shape index (κ2) is 7.79. The number of hydrogen-bond acceptors (Lipinski definition) is 6. The van der Waals surface area contributed by atoms with Crippen molar-refractivity contribution in [1.82, 2.24) is 15.1 Å². The van der Waals surface area contributed by atoms with Crippen LogP contribution in [-0.4, -0.2) is 62.5 Å². The van der Waals surface area contributed by atoms with Gasteiger partial charge in [0.1, 0.15) is 0 Å². The van der Waals surface area contributed by atoms with Gasteiger partial charge in [0.25, 0.3) is 0 Å². The minimum absolute atomic E-state index is 0.0128. The normalized spacial score (nSPS) is 16.0. The third-order valence-corrected chi connectivity index (χ3v) is 5.50. The molecular weight excluding hydrogens is 338 g/mol. The second-order valence-electron chi connectivity index (χ2n) is 6.22. The molecule has 1 saturated heterocycles. The summed E-state index contributed by atoms with van der Waals surface area (Å²) < 4.78 is 26.9. The number of anilines is 2. The van der Waals surface area contributed by atoms with Crippen molar-refractivity contribution >= 4 is 21.7 Å². The van der Waals surface area contributed by atoms with Crippen molar-refractivity contribution < 1.29 is 8.42 Å². The standard InChI is InChI=1S/C17H23N5O2S/c1-21-10-12-22(13-11-21)17-8-7-16(18-19-17)20-25(23,24)14-9-15-5-3-2-4-6-15/h2-8H,9-14H2,1H3,(H,18,20). The quantitative estimate of drug-likeness (QED) is 0.833. The van der Waals surface area contributed by atoms with Gasteiger partial charge in [-0.2, -0.15) is 0 Å². The number of benzene rings is 1. The first-order valence-corrected chi connectivity index (χ1v) is 9.99. The maximum Gasteiger partial charge on any atom is 0.234 e. The van der Waals surface area contributed by atoms with Gasteiger partial charge in [-0.25, -0.2) is 8.42 Å². The van der Waals surface area contributed by atoms with Gasteiger partial charge in [-0.05, 0) is 31.2 Å². The Morgan fingerprint density at radius 1 is 1.00 bits per heavy atom. The van der Waals surface area contributed by atoms with E-state index in [4.69, 9.17) is 0 Å². The fourth-order valence-electron chi connectivity index (χ4n) is 2.69. The maximum absolute atomic E-state index is 12.2. The fraction of sp³-hybridized carbons (Fsp3) is 0.412. The molecule has 0 atom stereocenters. The van der Waals surface area contributed by atoms with Crippen molar-refractivity contribution in [3.8, 4) is 0 Å². The summed E-state index contributed by atoms with van der Waals surface area (Å²) >= 11 is 0. The van der Waals surface area contributed by atoms with Crippen LogP contribution in [-0.2, 0) is 16.4 Å². The van der Waals surface area contributed by atoms with Gasteiger partial charge in [-0.1, -0.05) is 30.3 Å². The highest BCUT2D eigenvalue weighted by atomic mass is 32.2. The Hall–Kier alpha value is -2.19. The van der Waals surface area contributed by atoms with Crippen molar-refractivity contribution in [2.45, 2.75) is 6.42 Å².